The van der Waals surface area contributed by atoms with Crippen LogP contribution in [0.4, 0.5) is 11.4 Å². The molecule has 0 saturated carbocycles. The highest BCUT2D eigenvalue weighted by Gasteiger charge is 2.19. The number of hydrogen-bond acceptors (Lipinski definition) is 6. The van der Waals surface area contributed by atoms with Gasteiger partial charge in [-0.2, -0.15) is 0 Å². The second-order valence-electron chi connectivity index (χ2n) is 6.78. The predicted molar refractivity (Wildman–Crippen MR) is 121 cm³/mol. The molecule has 1 amide bonds. The number of amides is 1. The molecule has 0 atom stereocenters. The van der Waals surface area contributed by atoms with E-state index in [4.69, 9.17) is 21.1 Å². The molecule has 0 heterocycles. The van der Waals surface area contributed by atoms with Crippen molar-refractivity contribution in [2.24, 2.45) is 0 Å². The average molecular weight is 469 g/mol. The van der Waals surface area contributed by atoms with Crippen molar-refractivity contribution in [2.75, 3.05) is 36.6 Å². The lowest BCUT2D eigenvalue weighted by atomic mass is 10.1. The Kier molecular flexibility index (Phi) is 8.29. The molecule has 0 aromatic heterocycles. The van der Waals surface area contributed by atoms with Crippen molar-refractivity contribution < 1.29 is 27.5 Å². The predicted octanol–water partition coefficient (Wildman–Crippen LogP) is 3.63. The van der Waals surface area contributed by atoms with Crippen molar-refractivity contribution in [1.82, 2.24) is 0 Å². The van der Waals surface area contributed by atoms with Crippen molar-refractivity contribution in [3.8, 4) is 5.75 Å². The molecule has 2 aromatic carbocycles. The van der Waals surface area contributed by atoms with E-state index in [-0.39, 0.29) is 30.3 Å². The fraction of sp³-hybridized carbons (Fsp3) is 0.333. The van der Waals surface area contributed by atoms with Crippen molar-refractivity contribution in [3.63, 3.8) is 0 Å². The molecule has 0 saturated heterocycles. The smallest absolute Gasteiger partial charge is 0.338 e. The first-order valence-electron chi connectivity index (χ1n) is 9.37. The molecular weight excluding hydrogens is 444 g/mol. The Morgan fingerprint density at radius 3 is 2.45 bits per heavy atom. The van der Waals surface area contributed by atoms with Crippen LogP contribution in [0.2, 0.25) is 5.02 Å². The number of halogens is 1. The summed E-state index contributed by atoms with van der Waals surface area (Å²) in [5, 5.41) is 3.04. The standard InChI is InChI=1S/C21H25ClN2O6S/c1-14-16(21(26)30-3)7-5-8-18(14)23-20(25)9-6-12-24(31(4,27)28)15-10-11-19(29-2)17(22)13-15/h5,7-8,10-11,13H,6,9,12H2,1-4H3,(H,23,25). The second-order valence-corrected chi connectivity index (χ2v) is 9.09. The summed E-state index contributed by atoms with van der Waals surface area (Å²) >= 11 is 6.12. The summed E-state index contributed by atoms with van der Waals surface area (Å²) in [6.45, 7) is 1.80. The van der Waals surface area contributed by atoms with Gasteiger partial charge in [0.2, 0.25) is 15.9 Å². The van der Waals surface area contributed by atoms with Gasteiger partial charge in [-0.05, 0) is 49.2 Å². The lowest BCUT2D eigenvalue weighted by Crippen LogP contribution is -2.31. The maximum absolute atomic E-state index is 12.4. The third kappa shape index (κ3) is 6.35. The largest absolute Gasteiger partial charge is 0.495 e. The minimum atomic E-state index is -3.59. The summed E-state index contributed by atoms with van der Waals surface area (Å²) in [5.74, 6) is -0.357. The second kappa shape index (κ2) is 10.5. The number of nitrogens with one attached hydrogen (secondary N) is 1. The van der Waals surface area contributed by atoms with Crippen molar-refractivity contribution in [2.45, 2.75) is 19.8 Å². The Morgan fingerprint density at radius 1 is 1.16 bits per heavy atom. The number of esters is 1. The first kappa shape index (κ1) is 24.5. The van der Waals surface area contributed by atoms with Crippen LogP contribution < -0.4 is 14.4 Å². The molecule has 168 valence electrons. The fourth-order valence-corrected chi connectivity index (χ4v) is 4.20. The van der Waals surface area contributed by atoms with Gasteiger partial charge in [-0.1, -0.05) is 17.7 Å². The lowest BCUT2D eigenvalue weighted by Gasteiger charge is -2.23. The maximum Gasteiger partial charge on any atom is 0.338 e. The number of sulfonamides is 1. The third-order valence-corrected chi connectivity index (χ3v) is 6.09. The lowest BCUT2D eigenvalue weighted by molar-refractivity contribution is -0.116. The molecule has 0 bridgehead atoms. The SMILES string of the molecule is COC(=O)c1cccc(NC(=O)CCCN(c2ccc(OC)c(Cl)c2)S(C)(=O)=O)c1C. The molecule has 0 unspecified atom stereocenters. The number of nitrogens with zero attached hydrogens (tertiary/aromatic N) is 1. The first-order valence-corrected chi connectivity index (χ1v) is 11.6. The molecule has 8 nitrogen and oxygen atoms in total. The van der Waals surface area contributed by atoms with E-state index in [0.29, 0.717) is 28.3 Å². The molecule has 0 aliphatic heterocycles. The minimum absolute atomic E-state index is 0.0811. The summed E-state index contributed by atoms with van der Waals surface area (Å²) in [6.07, 6.45) is 1.45. The number of methoxy groups -OCH3 is 2. The normalized spacial score (nSPS) is 11.0. The molecule has 0 fully saturated rings. The van der Waals surface area contributed by atoms with E-state index in [1.807, 2.05) is 0 Å². The molecular formula is C21H25ClN2O6S. The quantitative estimate of drug-likeness (QED) is 0.564. The highest BCUT2D eigenvalue weighted by molar-refractivity contribution is 7.92. The van der Waals surface area contributed by atoms with E-state index in [2.05, 4.69) is 5.32 Å². The Bertz CT molecular complexity index is 1070. The topological polar surface area (TPSA) is 102 Å². The summed E-state index contributed by atoms with van der Waals surface area (Å²) in [6, 6.07) is 9.62. The van der Waals surface area contributed by atoms with Gasteiger partial charge in [-0.3, -0.25) is 9.10 Å². The van der Waals surface area contributed by atoms with Gasteiger partial charge in [0.25, 0.3) is 0 Å². The van der Waals surface area contributed by atoms with Gasteiger partial charge in [0.15, 0.2) is 0 Å². The van der Waals surface area contributed by atoms with Crippen LogP contribution in [0.3, 0.4) is 0 Å². The zero-order valence-corrected chi connectivity index (χ0v) is 19.3. The molecule has 2 aromatic rings. The zero-order valence-electron chi connectivity index (χ0n) is 17.8. The van der Waals surface area contributed by atoms with Crippen molar-refractivity contribution in [3.05, 3.63) is 52.5 Å². The van der Waals surface area contributed by atoms with Crippen molar-refractivity contribution in [1.29, 1.82) is 0 Å². The van der Waals surface area contributed by atoms with Crippen LogP contribution in [0.15, 0.2) is 36.4 Å². The van der Waals surface area contributed by atoms with E-state index in [1.54, 1.807) is 37.3 Å². The van der Waals surface area contributed by atoms with Gasteiger partial charge in [0.05, 0.1) is 36.7 Å². The molecule has 0 radical (unpaired) electrons. The number of rotatable bonds is 9. The molecule has 31 heavy (non-hydrogen) atoms. The number of anilines is 2. The number of benzene rings is 2. The zero-order chi connectivity index (χ0) is 23.2. The fourth-order valence-electron chi connectivity index (χ4n) is 2.99. The summed E-state index contributed by atoms with van der Waals surface area (Å²) in [5.41, 5.74) is 1.83. The molecule has 0 spiro atoms. The minimum Gasteiger partial charge on any atom is -0.495 e. The van der Waals surface area contributed by atoms with Crippen LogP contribution in [0, 0.1) is 6.92 Å². The van der Waals surface area contributed by atoms with E-state index in [1.165, 1.54) is 24.6 Å². The number of ether oxygens (including phenoxy) is 2. The monoisotopic (exact) mass is 468 g/mol. The van der Waals surface area contributed by atoms with Gasteiger partial charge in [-0.15, -0.1) is 0 Å². The van der Waals surface area contributed by atoms with Gasteiger partial charge >= 0.3 is 5.97 Å². The average Bonchev–Trinajstić information content (AvgIpc) is 2.71. The van der Waals surface area contributed by atoms with Gasteiger partial charge < -0.3 is 14.8 Å². The van der Waals surface area contributed by atoms with Crippen LogP contribution in [0.5, 0.6) is 5.75 Å². The number of hydrogen-bond donors (Lipinski definition) is 1. The van der Waals surface area contributed by atoms with Crippen LogP contribution in [0.1, 0.15) is 28.8 Å². The van der Waals surface area contributed by atoms with E-state index in [0.717, 1.165) is 6.26 Å². The van der Waals surface area contributed by atoms with E-state index < -0.39 is 16.0 Å². The highest BCUT2D eigenvalue weighted by atomic mass is 35.5. The number of carbonyl (C=O) groups is 2. The van der Waals surface area contributed by atoms with Crippen molar-refractivity contribution >= 4 is 44.9 Å². The Balaban J connectivity index is 2.06. The van der Waals surface area contributed by atoms with Crippen LogP contribution in [-0.2, 0) is 19.6 Å². The Hall–Kier alpha value is -2.78. The molecule has 0 aliphatic rings. The summed E-state index contributed by atoms with van der Waals surface area (Å²) < 4.78 is 35.5. The number of carbonyl (C=O) groups excluding carboxylic acids is 2. The van der Waals surface area contributed by atoms with Gasteiger partial charge in [0, 0.05) is 18.7 Å². The van der Waals surface area contributed by atoms with Crippen LogP contribution in [0.25, 0.3) is 0 Å². The molecule has 2 rings (SSSR count). The third-order valence-electron chi connectivity index (χ3n) is 4.60. The van der Waals surface area contributed by atoms with E-state index >= 15 is 0 Å². The van der Waals surface area contributed by atoms with Gasteiger partial charge in [0.1, 0.15) is 5.75 Å². The molecule has 0 aliphatic carbocycles. The summed E-state index contributed by atoms with van der Waals surface area (Å²) in [7, 11) is -0.828. The van der Waals surface area contributed by atoms with Crippen LogP contribution >= 0.6 is 11.6 Å². The first-order chi connectivity index (χ1) is 14.6. The molecule has 1 N–H and O–H groups in total. The Morgan fingerprint density at radius 2 is 1.87 bits per heavy atom. The van der Waals surface area contributed by atoms with Crippen LogP contribution in [-0.4, -0.2) is 47.3 Å². The highest BCUT2D eigenvalue weighted by Crippen LogP contribution is 2.30. The van der Waals surface area contributed by atoms with E-state index in [9.17, 15) is 18.0 Å². The van der Waals surface area contributed by atoms with Gasteiger partial charge in [-0.25, -0.2) is 13.2 Å². The molecule has 10 heteroatoms. The summed E-state index contributed by atoms with van der Waals surface area (Å²) in [4.78, 5) is 24.2. The Labute approximate surface area is 187 Å². The maximum atomic E-state index is 12.4.